The van der Waals surface area contributed by atoms with E-state index in [0.717, 1.165) is 24.8 Å². The van der Waals surface area contributed by atoms with Crippen LogP contribution in [0.4, 0.5) is 5.82 Å². The molecular formula is C23H35N3O4. The zero-order valence-electron chi connectivity index (χ0n) is 18.6. The van der Waals surface area contributed by atoms with Gasteiger partial charge in [-0.1, -0.05) is 13.8 Å². The van der Waals surface area contributed by atoms with E-state index in [4.69, 9.17) is 14.5 Å². The lowest BCUT2D eigenvalue weighted by Crippen LogP contribution is -2.48. The van der Waals surface area contributed by atoms with Crippen LogP contribution >= 0.6 is 0 Å². The van der Waals surface area contributed by atoms with E-state index in [0.29, 0.717) is 44.4 Å². The van der Waals surface area contributed by atoms with Gasteiger partial charge in [-0.3, -0.25) is 14.5 Å². The van der Waals surface area contributed by atoms with Crippen molar-refractivity contribution in [2.45, 2.75) is 58.4 Å². The molecule has 7 nitrogen and oxygen atoms in total. The summed E-state index contributed by atoms with van der Waals surface area (Å²) in [5, 5.41) is 3.26. The summed E-state index contributed by atoms with van der Waals surface area (Å²) in [5.41, 5.74) is 1.04. The first-order chi connectivity index (χ1) is 14.4. The normalized spacial score (nSPS) is 21.5. The van der Waals surface area contributed by atoms with Gasteiger partial charge < -0.3 is 14.8 Å². The van der Waals surface area contributed by atoms with E-state index in [1.54, 1.807) is 14.0 Å². The van der Waals surface area contributed by atoms with Crippen LogP contribution in [0.15, 0.2) is 12.1 Å². The van der Waals surface area contributed by atoms with Gasteiger partial charge in [0.2, 0.25) is 11.8 Å². The van der Waals surface area contributed by atoms with E-state index in [1.807, 2.05) is 17.0 Å². The molecule has 7 heteroatoms. The van der Waals surface area contributed by atoms with Crippen LogP contribution in [-0.4, -0.2) is 56.1 Å². The van der Waals surface area contributed by atoms with Crippen molar-refractivity contribution in [2.75, 3.05) is 38.3 Å². The van der Waals surface area contributed by atoms with E-state index >= 15 is 0 Å². The number of nitrogens with zero attached hydrogens (tertiary/aromatic N) is 2. The van der Waals surface area contributed by atoms with Crippen LogP contribution in [-0.2, 0) is 14.3 Å². The number of rotatable bonds is 10. The number of piperidine rings is 1. The van der Waals surface area contributed by atoms with Gasteiger partial charge in [0.25, 0.3) is 0 Å². The average molecular weight is 418 g/mol. The highest BCUT2D eigenvalue weighted by Gasteiger charge is 2.40. The summed E-state index contributed by atoms with van der Waals surface area (Å²) < 4.78 is 11.1. The van der Waals surface area contributed by atoms with Crippen LogP contribution in [0.25, 0.3) is 0 Å². The highest BCUT2D eigenvalue weighted by atomic mass is 16.5. The monoisotopic (exact) mass is 417 g/mol. The topological polar surface area (TPSA) is 80.8 Å². The van der Waals surface area contributed by atoms with Crippen molar-refractivity contribution in [1.29, 1.82) is 0 Å². The molecule has 1 aliphatic heterocycles. The number of pyridine rings is 1. The summed E-state index contributed by atoms with van der Waals surface area (Å²) in [6, 6.07) is 4.15. The molecule has 0 spiro atoms. The number of hydrogen-bond acceptors (Lipinski definition) is 6. The van der Waals surface area contributed by atoms with Gasteiger partial charge in [0.1, 0.15) is 11.6 Å². The average Bonchev–Trinajstić information content (AvgIpc) is 3.56. The molecule has 0 aromatic carbocycles. The van der Waals surface area contributed by atoms with E-state index in [1.165, 1.54) is 0 Å². The molecule has 2 fully saturated rings. The Labute approximate surface area is 179 Å². The van der Waals surface area contributed by atoms with Gasteiger partial charge in [-0.05, 0) is 44.2 Å². The minimum atomic E-state index is -0.203. The Bertz CT molecular complexity index is 748. The lowest BCUT2D eigenvalue weighted by atomic mass is 9.87. The molecule has 1 saturated carbocycles. The lowest BCUT2D eigenvalue weighted by molar-refractivity contribution is -0.126. The highest BCUT2D eigenvalue weighted by Crippen LogP contribution is 2.36. The Morgan fingerprint density at radius 3 is 2.57 bits per heavy atom. The number of Topliss-reactive ketones (excluding diaryl/α,β-unsaturated/α-hetero) is 1. The van der Waals surface area contributed by atoms with Gasteiger partial charge in [0, 0.05) is 50.8 Å². The van der Waals surface area contributed by atoms with Gasteiger partial charge in [-0.2, -0.15) is 4.98 Å². The molecule has 30 heavy (non-hydrogen) atoms. The minimum absolute atomic E-state index is 0.0612. The van der Waals surface area contributed by atoms with Crippen molar-refractivity contribution >= 4 is 17.5 Å². The van der Waals surface area contributed by atoms with Crippen molar-refractivity contribution in [3.63, 3.8) is 0 Å². The van der Waals surface area contributed by atoms with Gasteiger partial charge in [-0.15, -0.1) is 0 Å². The quantitative estimate of drug-likeness (QED) is 0.590. The summed E-state index contributed by atoms with van der Waals surface area (Å²) in [6.45, 7) is 8.25. The molecule has 166 valence electrons. The first-order valence-electron chi connectivity index (χ1n) is 11.1. The second kappa shape index (κ2) is 10.4. The third-order valence-corrected chi connectivity index (χ3v) is 5.90. The maximum atomic E-state index is 13.5. The van der Waals surface area contributed by atoms with Crippen molar-refractivity contribution in [3.05, 3.63) is 17.7 Å². The number of anilines is 1. The fourth-order valence-corrected chi connectivity index (χ4v) is 3.95. The summed E-state index contributed by atoms with van der Waals surface area (Å²) in [6.07, 6.45) is 3.36. The number of methoxy groups -OCH3 is 1. The minimum Gasteiger partial charge on any atom is -0.477 e. The number of aromatic nitrogens is 1. The number of nitrogens with one attached hydrogen (secondary N) is 1. The summed E-state index contributed by atoms with van der Waals surface area (Å²) >= 11 is 0. The molecule has 0 bridgehead atoms. The zero-order valence-corrected chi connectivity index (χ0v) is 18.6. The van der Waals surface area contributed by atoms with Crippen LogP contribution in [0.2, 0.25) is 0 Å². The van der Waals surface area contributed by atoms with Crippen molar-refractivity contribution < 1.29 is 19.1 Å². The van der Waals surface area contributed by atoms with Gasteiger partial charge in [-0.25, -0.2) is 0 Å². The van der Waals surface area contributed by atoms with Crippen molar-refractivity contribution in [3.8, 4) is 5.88 Å². The van der Waals surface area contributed by atoms with Gasteiger partial charge in [0.15, 0.2) is 0 Å². The summed E-state index contributed by atoms with van der Waals surface area (Å²) in [4.78, 5) is 31.9. The van der Waals surface area contributed by atoms with Gasteiger partial charge >= 0.3 is 0 Å². The molecule has 1 aromatic heterocycles. The largest absolute Gasteiger partial charge is 0.477 e. The molecule has 2 heterocycles. The molecule has 0 unspecified atom stereocenters. The summed E-state index contributed by atoms with van der Waals surface area (Å²) in [5.74, 6) is 1.43. The molecule has 2 aliphatic rings. The smallest absolute Gasteiger partial charge is 0.232 e. The predicted octanol–water partition coefficient (Wildman–Crippen LogP) is 2.93. The Hall–Kier alpha value is -1.99. The molecule has 1 aromatic rings. The fraction of sp³-hybridized carbons (Fsp3) is 0.696. The fourth-order valence-electron chi connectivity index (χ4n) is 3.95. The van der Waals surface area contributed by atoms with Crippen molar-refractivity contribution in [1.82, 2.24) is 10.3 Å². The lowest BCUT2D eigenvalue weighted by Gasteiger charge is -2.32. The second-order valence-corrected chi connectivity index (χ2v) is 8.75. The van der Waals surface area contributed by atoms with E-state index in [2.05, 4.69) is 19.2 Å². The van der Waals surface area contributed by atoms with Crippen LogP contribution in [0.3, 0.4) is 0 Å². The van der Waals surface area contributed by atoms with E-state index in [-0.39, 0.29) is 35.5 Å². The van der Waals surface area contributed by atoms with E-state index < -0.39 is 0 Å². The molecular weight excluding hydrogens is 382 g/mol. The van der Waals surface area contributed by atoms with Crippen molar-refractivity contribution in [2.24, 2.45) is 11.8 Å². The number of carbonyl (C=O) groups is 2. The number of amides is 1. The SMILES string of the molecule is COCCCOc1nc(N(C(=O)[C@H]2CNC[C@@H](C(C)=O)C2)C2CC2)ccc1C(C)C. The predicted molar refractivity (Wildman–Crippen MR) is 116 cm³/mol. The maximum Gasteiger partial charge on any atom is 0.232 e. The first kappa shape index (κ1) is 22.7. The molecule has 1 saturated heterocycles. The van der Waals surface area contributed by atoms with Crippen LogP contribution in [0.5, 0.6) is 5.88 Å². The Morgan fingerprint density at radius 1 is 1.20 bits per heavy atom. The number of hydrogen-bond donors (Lipinski definition) is 1. The molecule has 2 atom stereocenters. The molecule has 1 amide bonds. The molecule has 1 aliphatic carbocycles. The third-order valence-electron chi connectivity index (χ3n) is 5.90. The van der Waals surface area contributed by atoms with Crippen LogP contribution in [0.1, 0.15) is 57.9 Å². The number of carbonyl (C=O) groups excluding carboxylic acids is 2. The second-order valence-electron chi connectivity index (χ2n) is 8.75. The van der Waals surface area contributed by atoms with E-state index in [9.17, 15) is 9.59 Å². The zero-order chi connectivity index (χ0) is 21.7. The first-order valence-corrected chi connectivity index (χ1v) is 11.1. The molecule has 0 radical (unpaired) electrons. The Balaban J connectivity index is 1.81. The van der Waals surface area contributed by atoms with Crippen LogP contribution in [0, 0.1) is 11.8 Å². The van der Waals surface area contributed by atoms with Crippen LogP contribution < -0.4 is 15.0 Å². The number of ketones is 1. The van der Waals surface area contributed by atoms with Gasteiger partial charge in [0.05, 0.1) is 12.5 Å². The Morgan fingerprint density at radius 2 is 1.93 bits per heavy atom. The molecule has 1 N–H and O–H groups in total. The maximum absolute atomic E-state index is 13.5. The number of ether oxygens (including phenoxy) is 2. The Kier molecular flexibility index (Phi) is 7.83. The third kappa shape index (κ3) is 5.58. The standard InChI is InChI=1S/C23H35N3O4/c1-15(2)20-8-9-21(25-22(20)30-11-5-10-29-4)26(19-6-7-19)23(28)18-12-17(16(3)27)13-24-14-18/h8-9,15,17-19,24H,5-7,10-14H2,1-4H3/t17-,18+/m0/s1. The highest BCUT2D eigenvalue weighted by molar-refractivity contribution is 5.96. The molecule has 3 rings (SSSR count). The summed E-state index contributed by atoms with van der Waals surface area (Å²) in [7, 11) is 1.67.